The number of anilines is 2. The summed E-state index contributed by atoms with van der Waals surface area (Å²) >= 11 is 0. The fourth-order valence-corrected chi connectivity index (χ4v) is 4.46. The van der Waals surface area contributed by atoms with Crippen LogP contribution in [0.15, 0.2) is 36.5 Å². The number of carbonyl (C=O) groups excluding carboxylic acids is 2. The average Bonchev–Trinajstić information content (AvgIpc) is 3.14. The average molecular weight is 438 g/mol. The zero-order chi connectivity index (χ0) is 22.4. The van der Waals surface area contributed by atoms with Crippen LogP contribution >= 0.6 is 0 Å². The van der Waals surface area contributed by atoms with Gasteiger partial charge in [0.2, 0.25) is 5.91 Å². The number of aromatic nitrogens is 1. The third-order valence-electron chi connectivity index (χ3n) is 6.36. The van der Waals surface area contributed by atoms with Crippen LogP contribution in [0.25, 0.3) is 11.1 Å². The molecule has 0 bridgehead atoms. The van der Waals surface area contributed by atoms with Crippen molar-refractivity contribution in [3.8, 4) is 16.9 Å². The van der Waals surface area contributed by atoms with Gasteiger partial charge >= 0.3 is 6.09 Å². The van der Waals surface area contributed by atoms with Gasteiger partial charge < -0.3 is 14.6 Å². The van der Waals surface area contributed by atoms with Crippen LogP contribution in [0.2, 0.25) is 0 Å². The minimum Gasteiger partial charge on any atom is -0.489 e. The molecule has 1 aromatic heterocycles. The largest absolute Gasteiger partial charge is 0.489 e. The predicted octanol–water partition coefficient (Wildman–Crippen LogP) is 1.88. The molecule has 0 unspecified atom stereocenters. The van der Waals surface area contributed by atoms with Gasteiger partial charge in [0.15, 0.2) is 6.10 Å². The van der Waals surface area contributed by atoms with E-state index in [-0.39, 0.29) is 25.2 Å². The molecule has 2 amide bonds. The first-order valence-electron chi connectivity index (χ1n) is 10.8. The van der Waals surface area contributed by atoms with Crippen LogP contribution in [0.4, 0.5) is 16.3 Å². The molecule has 0 aliphatic carbocycles. The van der Waals surface area contributed by atoms with Gasteiger partial charge in [-0.1, -0.05) is 6.07 Å². The summed E-state index contributed by atoms with van der Waals surface area (Å²) in [4.78, 5) is 34.8. The number of rotatable bonds is 4. The van der Waals surface area contributed by atoms with E-state index in [9.17, 15) is 14.7 Å². The maximum absolute atomic E-state index is 12.6. The topological polar surface area (TPSA) is 95.4 Å². The normalized spacial score (nSPS) is 23.1. The van der Waals surface area contributed by atoms with E-state index in [1.165, 1.54) is 0 Å². The molecule has 2 atom stereocenters. The van der Waals surface area contributed by atoms with E-state index >= 15 is 0 Å². The molecule has 32 heavy (non-hydrogen) atoms. The fraction of sp³-hybridized carbons (Fsp3) is 0.435. The van der Waals surface area contributed by atoms with E-state index in [2.05, 4.69) is 23.7 Å². The lowest BCUT2D eigenvalue weighted by molar-refractivity contribution is -0.121. The van der Waals surface area contributed by atoms with E-state index in [4.69, 9.17) is 9.47 Å². The molecule has 168 valence electrons. The van der Waals surface area contributed by atoms with Gasteiger partial charge in [-0.15, -0.1) is 0 Å². The number of amides is 2. The van der Waals surface area contributed by atoms with Crippen molar-refractivity contribution in [2.24, 2.45) is 0 Å². The van der Waals surface area contributed by atoms with Gasteiger partial charge in [-0.25, -0.2) is 9.78 Å². The minimum absolute atomic E-state index is 0.0561. The summed E-state index contributed by atoms with van der Waals surface area (Å²) in [7, 11) is 0. The molecule has 2 aromatic rings. The van der Waals surface area contributed by atoms with Crippen molar-refractivity contribution in [3.05, 3.63) is 36.5 Å². The first-order chi connectivity index (χ1) is 15.5. The van der Waals surface area contributed by atoms with Gasteiger partial charge in [0.1, 0.15) is 24.2 Å². The Hall–Kier alpha value is -3.17. The Morgan fingerprint density at radius 2 is 1.97 bits per heavy atom. The number of hydrogen-bond donors (Lipinski definition) is 1. The molecule has 4 heterocycles. The molecule has 9 heteroatoms. The zero-order valence-electron chi connectivity index (χ0n) is 18.1. The van der Waals surface area contributed by atoms with Crippen molar-refractivity contribution < 1.29 is 24.2 Å². The lowest BCUT2D eigenvalue weighted by Gasteiger charge is -2.35. The predicted molar refractivity (Wildman–Crippen MR) is 118 cm³/mol. The summed E-state index contributed by atoms with van der Waals surface area (Å²) in [6.45, 7) is 6.06. The number of fused-ring (bicyclic) bond motifs is 3. The van der Waals surface area contributed by atoms with E-state index in [0.29, 0.717) is 36.4 Å². The number of ether oxygens (including phenoxy) is 2. The number of benzene rings is 1. The van der Waals surface area contributed by atoms with Crippen molar-refractivity contribution in [1.82, 2.24) is 9.88 Å². The number of aliphatic hydroxyl groups excluding tert-OH is 1. The molecular formula is C23H26N4O5. The standard InChI is InChI=1S/C23H26N4O5/c1-14(2)25-7-8-26(22(29)11-25)21-6-4-16(10-24-21)15-3-5-17-19(9-15)31-13-18-20(12-28)32-23(30)27(17)18/h3-6,9-10,14,18,20,28H,7-8,11-13H2,1-2H3/t18-,20-/m0/s1. The van der Waals surface area contributed by atoms with Crippen molar-refractivity contribution in [1.29, 1.82) is 0 Å². The molecule has 2 fully saturated rings. The Balaban J connectivity index is 1.35. The lowest BCUT2D eigenvalue weighted by atomic mass is 10.0. The Morgan fingerprint density at radius 3 is 2.66 bits per heavy atom. The molecule has 1 aromatic carbocycles. The molecule has 9 nitrogen and oxygen atoms in total. The van der Waals surface area contributed by atoms with Gasteiger partial charge in [0, 0.05) is 30.9 Å². The summed E-state index contributed by atoms with van der Waals surface area (Å²) < 4.78 is 11.1. The second-order valence-corrected chi connectivity index (χ2v) is 8.55. The Kier molecular flexibility index (Phi) is 5.22. The molecular weight excluding hydrogens is 412 g/mol. The van der Waals surface area contributed by atoms with Crippen LogP contribution in [0.3, 0.4) is 0 Å². The first-order valence-corrected chi connectivity index (χ1v) is 10.8. The maximum Gasteiger partial charge on any atom is 0.415 e. The molecule has 5 rings (SSSR count). The van der Waals surface area contributed by atoms with E-state index < -0.39 is 12.2 Å². The quantitative estimate of drug-likeness (QED) is 0.779. The van der Waals surface area contributed by atoms with E-state index in [1.807, 2.05) is 30.3 Å². The monoisotopic (exact) mass is 438 g/mol. The highest BCUT2D eigenvalue weighted by molar-refractivity contribution is 5.95. The molecule has 0 radical (unpaired) electrons. The van der Waals surface area contributed by atoms with E-state index in [0.717, 1.165) is 17.7 Å². The van der Waals surface area contributed by atoms with Crippen molar-refractivity contribution in [2.45, 2.75) is 32.0 Å². The number of nitrogens with zero attached hydrogens (tertiary/aromatic N) is 4. The summed E-state index contributed by atoms with van der Waals surface area (Å²) in [6.07, 6.45) is 0.688. The second-order valence-electron chi connectivity index (χ2n) is 8.55. The molecule has 3 aliphatic rings. The third-order valence-corrected chi connectivity index (χ3v) is 6.36. The smallest absolute Gasteiger partial charge is 0.415 e. The number of aliphatic hydroxyl groups is 1. The van der Waals surface area contributed by atoms with Crippen molar-refractivity contribution in [2.75, 3.05) is 42.6 Å². The molecule has 1 N–H and O–H groups in total. The minimum atomic E-state index is -0.586. The van der Waals surface area contributed by atoms with Crippen LogP contribution in [0.1, 0.15) is 13.8 Å². The SMILES string of the molecule is CC(C)N1CCN(c2ccc(-c3ccc4c(c3)OC[C@H]3[C@H](CO)OC(=O)N43)cn2)C(=O)C1. The highest BCUT2D eigenvalue weighted by atomic mass is 16.6. The second kappa shape index (κ2) is 8.07. The summed E-state index contributed by atoms with van der Waals surface area (Å²) in [5.41, 5.74) is 2.40. The Bertz CT molecular complexity index is 1040. The van der Waals surface area contributed by atoms with Gasteiger partial charge in [-0.05, 0) is 43.7 Å². The van der Waals surface area contributed by atoms with Crippen molar-refractivity contribution in [3.63, 3.8) is 0 Å². The van der Waals surface area contributed by atoms with Gasteiger partial charge in [-0.2, -0.15) is 0 Å². The maximum atomic E-state index is 12.6. The Morgan fingerprint density at radius 1 is 1.16 bits per heavy atom. The zero-order valence-corrected chi connectivity index (χ0v) is 18.1. The molecule has 0 spiro atoms. The van der Waals surface area contributed by atoms with Crippen LogP contribution in [-0.2, 0) is 9.53 Å². The number of carbonyl (C=O) groups is 2. The van der Waals surface area contributed by atoms with Gasteiger partial charge in [0.25, 0.3) is 0 Å². The number of cyclic esters (lactones) is 1. The summed E-state index contributed by atoms with van der Waals surface area (Å²) in [5.74, 6) is 1.29. The molecule has 0 saturated carbocycles. The van der Waals surface area contributed by atoms with Crippen LogP contribution in [0.5, 0.6) is 5.75 Å². The van der Waals surface area contributed by atoms with E-state index in [1.54, 1.807) is 16.0 Å². The number of piperazine rings is 1. The van der Waals surface area contributed by atoms with Crippen LogP contribution < -0.4 is 14.5 Å². The van der Waals surface area contributed by atoms with Crippen LogP contribution in [-0.4, -0.2) is 78.0 Å². The lowest BCUT2D eigenvalue weighted by Crippen LogP contribution is -2.52. The number of pyridine rings is 1. The van der Waals surface area contributed by atoms with Crippen molar-refractivity contribution >= 4 is 23.5 Å². The highest BCUT2D eigenvalue weighted by Gasteiger charge is 2.46. The molecule has 2 saturated heterocycles. The number of hydrogen-bond acceptors (Lipinski definition) is 7. The van der Waals surface area contributed by atoms with Gasteiger partial charge in [-0.3, -0.25) is 19.5 Å². The van der Waals surface area contributed by atoms with Gasteiger partial charge in [0.05, 0.1) is 18.8 Å². The summed E-state index contributed by atoms with van der Waals surface area (Å²) in [5, 5.41) is 9.44. The Labute approximate surface area is 186 Å². The first kappa shape index (κ1) is 20.7. The van der Waals surface area contributed by atoms with Crippen LogP contribution in [0, 0.1) is 0 Å². The fourth-order valence-electron chi connectivity index (χ4n) is 4.46. The third kappa shape index (κ3) is 3.47. The summed E-state index contributed by atoms with van der Waals surface area (Å²) in [6, 6.07) is 9.39. The highest BCUT2D eigenvalue weighted by Crippen LogP contribution is 2.41. The molecule has 3 aliphatic heterocycles.